The van der Waals surface area contributed by atoms with Crippen molar-refractivity contribution < 1.29 is 42.9 Å². The molecule has 29 heavy (non-hydrogen) atoms. The highest BCUT2D eigenvalue weighted by Gasteiger charge is 2.04. The normalized spacial score (nSPS) is 11.0. The lowest BCUT2D eigenvalue weighted by Crippen LogP contribution is -3.00. The maximum Gasteiger partial charge on any atom is 0.0964 e. The van der Waals surface area contributed by atoms with Crippen LogP contribution >= 0.6 is 0 Å². The van der Waals surface area contributed by atoms with Crippen molar-refractivity contribution in [3.63, 3.8) is 0 Å². The highest BCUT2D eigenvalue weighted by molar-refractivity contribution is 4.63. The van der Waals surface area contributed by atoms with Gasteiger partial charge >= 0.3 is 0 Å². The third-order valence-electron chi connectivity index (χ3n) is 4.86. The van der Waals surface area contributed by atoms with Crippen LogP contribution in [0, 0.1) is 0 Å². The number of hydrogen-bond acceptors (Lipinski definition) is 0. The highest BCUT2D eigenvalue weighted by Crippen LogP contribution is 2.13. The molecule has 0 radical (unpaired) electrons. The van der Waals surface area contributed by atoms with Crippen LogP contribution in [0.15, 0.2) is 12.7 Å². The quantitative estimate of drug-likeness (QED) is 0.146. The van der Waals surface area contributed by atoms with Gasteiger partial charge in [-0.15, -0.1) is 0 Å². The van der Waals surface area contributed by atoms with Gasteiger partial charge in [0.15, 0.2) is 0 Å². The van der Waals surface area contributed by atoms with E-state index >= 15 is 0 Å². The van der Waals surface area contributed by atoms with Crippen molar-refractivity contribution in [2.75, 3.05) is 55.4 Å². The Balaban J connectivity index is -0.000000298. The van der Waals surface area contributed by atoms with Crippen LogP contribution in [0.4, 0.5) is 0 Å². The minimum Gasteiger partial charge on any atom is -1.00 e. The topological polar surface area (TPSA) is 0 Å². The van der Waals surface area contributed by atoms with E-state index in [-0.39, 0.29) is 34.0 Å². The number of likely N-dealkylation sites (N-methyl/N-ethyl adjacent to an activating group) is 1. The standard InChI is InChI=1S/C19H42N.C6H14N.2BrH/c1-5-6-7-8-9-10-11-12-13-14-15-16-17-18-19-20(2,3)4;1-5-6-7(2,3)4;;/h5-19H2,1-4H3;5H,1,6H2,2-4H3;2*1H/q2*+1;;/p-2. The molecule has 2 nitrogen and oxygen atoms in total. The minimum absolute atomic E-state index is 0. The molecular formula is C25H56Br2N2. The molecule has 0 aromatic heterocycles. The molecule has 0 unspecified atom stereocenters. The molecular weight excluding hydrogens is 488 g/mol. The van der Waals surface area contributed by atoms with Crippen LogP contribution < -0.4 is 34.0 Å². The second-order valence-electron chi connectivity index (χ2n) is 10.4. The summed E-state index contributed by atoms with van der Waals surface area (Å²) in [6, 6.07) is 0. The van der Waals surface area contributed by atoms with Crippen LogP contribution in [-0.2, 0) is 0 Å². The van der Waals surface area contributed by atoms with Crippen LogP contribution in [-0.4, -0.2) is 64.3 Å². The molecule has 0 spiro atoms. The van der Waals surface area contributed by atoms with E-state index in [1.165, 1.54) is 96.4 Å². The zero-order chi connectivity index (χ0) is 21.0. The van der Waals surface area contributed by atoms with E-state index in [1.54, 1.807) is 0 Å². The van der Waals surface area contributed by atoms with Gasteiger partial charge in [0.1, 0.15) is 0 Å². The predicted molar refractivity (Wildman–Crippen MR) is 126 cm³/mol. The molecule has 0 aromatic rings. The molecule has 0 heterocycles. The average molecular weight is 545 g/mol. The first-order chi connectivity index (χ1) is 12.6. The van der Waals surface area contributed by atoms with Gasteiger partial charge in [0, 0.05) is 0 Å². The third-order valence-corrected chi connectivity index (χ3v) is 4.86. The summed E-state index contributed by atoms with van der Waals surface area (Å²) < 4.78 is 2.10. The van der Waals surface area contributed by atoms with Crippen molar-refractivity contribution in [3.8, 4) is 0 Å². The molecule has 0 aliphatic heterocycles. The molecule has 0 amide bonds. The van der Waals surface area contributed by atoms with Crippen molar-refractivity contribution in [1.29, 1.82) is 0 Å². The van der Waals surface area contributed by atoms with E-state index in [1.807, 2.05) is 6.08 Å². The highest BCUT2D eigenvalue weighted by atomic mass is 79.9. The molecule has 0 aliphatic rings. The number of hydrogen-bond donors (Lipinski definition) is 0. The summed E-state index contributed by atoms with van der Waals surface area (Å²) in [4.78, 5) is 0. The van der Waals surface area contributed by atoms with Gasteiger partial charge < -0.3 is 42.9 Å². The fourth-order valence-electron chi connectivity index (χ4n) is 3.17. The molecule has 0 aromatic carbocycles. The molecule has 4 heteroatoms. The lowest BCUT2D eigenvalue weighted by atomic mass is 10.0. The molecule has 0 fully saturated rings. The third kappa shape index (κ3) is 43.4. The Morgan fingerprint density at radius 1 is 0.517 bits per heavy atom. The number of unbranched alkanes of at least 4 members (excludes halogenated alkanes) is 13. The largest absolute Gasteiger partial charge is 1.00 e. The number of nitrogens with zero attached hydrogens (tertiary/aromatic N) is 2. The maximum absolute atomic E-state index is 3.63. The zero-order valence-corrected chi connectivity index (χ0v) is 24.4. The first-order valence-electron chi connectivity index (χ1n) is 11.8. The Morgan fingerprint density at radius 2 is 0.828 bits per heavy atom. The molecule has 0 bridgehead atoms. The van der Waals surface area contributed by atoms with E-state index in [0.717, 1.165) is 15.5 Å². The van der Waals surface area contributed by atoms with Crippen molar-refractivity contribution in [3.05, 3.63) is 12.7 Å². The maximum atomic E-state index is 3.63. The van der Waals surface area contributed by atoms with Crippen LogP contribution in [0.3, 0.4) is 0 Å². The van der Waals surface area contributed by atoms with E-state index in [4.69, 9.17) is 0 Å². The Bertz CT molecular complexity index is 307. The summed E-state index contributed by atoms with van der Waals surface area (Å²) in [6.07, 6.45) is 22.3. The SMILES string of the molecule is C=CC[N+](C)(C)C.CCCCCCCCCCCCCCCC[N+](C)(C)C.[Br-].[Br-]. The molecule has 0 saturated carbocycles. The van der Waals surface area contributed by atoms with E-state index in [9.17, 15) is 0 Å². The average Bonchev–Trinajstić information content (AvgIpc) is 2.53. The van der Waals surface area contributed by atoms with Gasteiger partial charge in [0.25, 0.3) is 0 Å². The summed E-state index contributed by atoms with van der Waals surface area (Å²) in [5.74, 6) is 0. The monoisotopic (exact) mass is 542 g/mol. The number of halogens is 2. The van der Waals surface area contributed by atoms with Gasteiger partial charge in [-0.25, -0.2) is 0 Å². The summed E-state index contributed by atoms with van der Waals surface area (Å²) in [7, 11) is 13.3. The minimum atomic E-state index is 0. The summed E-state index contributed by atoms with van der Waals surface area (Å²) in [6.45, 7) is 8.30. The second-order valence-corrected chi connectivity index (χ2v) is 10.4. The molecule has 0 aliphatic carbocycles. The van der Waals surface area contributed by atoms with Crippen LogP contribution in [0.1, 0.15) is 96.8 Å². The fraction of sp³-hybridized carbons (Fsp3) is 0.920. The van der Waals surface area contributed by atoms with Gasteiger partial charge in [0.05, 0.1) is 55.4 Å². The Hall–Kier alpha value is 0.620. The van der Waals surface area contributed by atoms with Gasteiger partial charge in [-0.05, 0) is 18.9 Å². The molecule has 0 N–H and O–H groups in total. The van der Waals surface area contributed by atoms with Gasteiger partial charge in [0.2, 0.25) is 0 Å². The van der Waals surface area contributed by atoms with Crippen molar-refractivity contribution in [1.82, 2.24) is 0 Å². The van der Waals surface area contributed by atoms with E-state index in [2.05, 4.69) is 55.8 Å². The van der Waals surface area contributed by atoms with Crippen LogP contribution in [0.25, 0.3) is 0 Å². The Labute approximate surface area is 207 Å². The Morgan fingerprint density at radius 3 is 1.03 bits per heavy atom. The van der Waals surface area contributed by atoms with Crippen molar-refractivity contribution in [2.24, 2.45) is 0 Å². The molecule has 0 rings (SSSR count). The lowest BCUT2D eigenvalue weighted by Gasteiger charge is -2.23. The van der Waals surface area contributed by atoms with Gasteiger partial charge in [-0.2, -0.15) is 0 Å². The van der Waals surface area contributed by atoms with Crippen LogP contribution in [0.5, 0.6) is 0 Å². The Kier molecular flexibility index (Phi) is 31.7. The summed E-state index contributed by atoms with van der Waals surface area (Å²) in [5, 5.41) is 0. The predicted octanol–water partition coefficient (Wildman–Crippen LogP) is 1.06. The van der Waals surface area contributed by atoms with E-state index < -0.39 is 0 Å². The summed E-state index contributed by atoms with van der Waals surface area (Å²) >= 11 is 0. The second kappa shape index (κ2) is 24.9. The first kappa shape index (κ1) is 37.0. The van der Waals surface area contributed by atoms with Crippen molar-refractivity contribution in [2.45, 2.75) is 96.8 Å². The zero-order valence-electron chi connectivity index (χ0n) is 21.2. The molecule has 0 saturated heterocycles. The molecule has 0 atom stereocenters. The lowest BCUT2D eigenvalue weighted by molar-refractivity contribution is -0.870. The number of quaternary nitrogens is 2. The van der Waals surface area contributed by atoms with Gasteiger partial charge in [-0.3, -0.25) is 0 Å². The summed E-state index contributed by atoms with van der Waals surface area (Å²) in [5.41, 5.74) is 0. The number of rotatable bonds is 17. The van der Waals surface area contributed by atoms with Crippen LogP contribution in [0.2, 0.25) is 0 Å². The first-order valence-corrected chi connectivity index (χ1v) is 11.8. The van der Waals surface area contributed by atoms with Crippen molar-refractivity contribution >= 4 is 0 Å². The molecule has 180 valence electrons. The fourth-order valence-corrected chi connectivity index (χ4v) is 3.17. The smallest absolute Gasteiger partial charge is 0.0964 e. The van der Waals surface area contributed by atoms with Gasteiger partial charge in [-0.1, -0.05) is 90.6 Å². The van der Waals surface area contributed by atoms with E-state index in [0.29, 0.717) is 0 Å².